The Labute approximate surface area is 160 Å². The molecule has 0 aliphatic carbocycles. The third-order valence-electron chi connectivity index (χ3n) is 4.46. The summed E-state index contributed by atoms with van der Waals surface area (Å²) in [6, 6.07) is 21.2. The molecule has 0 aliphatic rings. The van der Waals surface area contributed by atoms with Gasteiger partial charge in [0, 0.05) is 0 Å². The molecule has 0 aliphatic heterocycles. The Hall–Kier alpha value is -3.01. The number of amides is 1. The number of carbonyl (C=O) groups excluding carboxylic acids is 1. The minimum atomic E-state index is -0.237. The highest BCUT2D eigenvalue weighted by molar-refractivity contribution is 5.91. The second-order valence-corrected chi connectivity index (χ2v) is 6.88. The van der Waals surface area contributed by atoms with Gasteiger partial charge in [-0.3, -0.25) is 4.79 Å². The molecule has 0 fully saturated rings. The molecule has 3 aromatic rings. The molecule has 3 rings (SSSR count). The zero-order valence-electron chi connectivity index (χ0n) is 15.9. The number of furan rings is 1. The maximum atomic E-state index is 12.4. The van der Waals surface area contributed by atoms with Crippen molar-refractivity contribution in [1.82, 2.24) is 5.32 Å². The molecule has 1 heterocycles. The Balaban J connectivity index is 1.55. The van der Waals surface area contributed by atoms with Crippen LogP contribution in [-0.2, 0) is 6.61 Å². The quantitative estimate of drug-likeness (QED) is 0.605. The summed E-state index contributed by atoms with van der Waals surface area (Å²) in [6.45, 7) is 6.54. The van der Waals surface area contributed by atoms with Gasteiger partial charge >= 0.3 is 0 Å². The van der Waals surface area contributed by atoms with Gasteiger partial charge in [0.2, 0.25) is 0 Å². The Morgan fingerprint density at radius 3 is 2.30 bits per heavy atom. The first-order valence-electron chi connectivity index (χ1n) is 9.20. The van der Waals surface area contributed by atoms with Crippen LogP contribution in [0, 0.1) is 0 Å². The summed E-state index contributed by atoms with van der Waals surface area (Å²) < 4.78 is 11.4. The largest absolute Gasteiger partial charge is 0.486 e. The summed E-state index contributed by atoms with van der Waals surface area (Å²) in [7, 11) is 0. The molecule has 4 nitrogen and oxygen atoms in total. The monoisotopic (exact) mass is 363 g/mol. The zero-order valence-corrected chi connectivity index (χ0v) is 15.9. The van der Waals surface area contributed by atoms with E-state index >= 15 is 0 Å². The van der Waals surface area contributed by atoms with Crippen LogP contribution in [0.1, 0.15) is 60.2 Å². The number of nitrogens with one attached hydrogen (secondary N) is 1. The van der Waals surface area contributed by atoms with Crippen molar-refractivity contribution < 1.29 is 13.9 Å². The lowest BCUT2D eigenvalue weighted by Crippen LogP contribution is -2.26. The van der Waals surface area contributed by atoms with Crippen LogP contribution in [0.25, 0.3) is 0 Å². The molecule has 140 valence electrons. The summed E-state index contributed by atoms with van der Waals surface area (Å²) in [5.41, 5.74) is 2.32. The van der Waals surface area contributed by atoms with Crippen molar-refractivity contribution in [3.63, 3.8) is 0 Å². The van der Waals surface area contributed by atoms with Gasteiger partial charge in [0.15, 0.2) is 5.76 Å². The predicted molar refractivity (Wildman–Crippen MR) is 106 cm³/mol. The fourth-order valence-corrected chi connectivity index (χ4v) is 2.77. The van der Waals surface area contributed by atoms with Crippen LogP contribution >= 0.6 is 0 Å². The second-order valence-electron chi connectivity index (χ2n) is 6.88. The highest BCUT2D eigenvalue weighted by atomic mass is 16.5. The molecule has 4 heteroatoms. The zero-order chi connectivity index (χ0) is 19.2. The Bertz CT molecular complexity index is 866. The Morgan fingerprint density at radius 1 is 0.926 bits per heavy atom. The molecule has 0 radical (unpaired) electrons. The van der Waals surface area contributed by atoms with Crippen molar-refractivity contribution in [2.24, 2.45) is 0 Å². The average molecular weight is 363 g/mol. The van der Waals surface area contributed by atoms with Gasteiger partial charge < -0.3 is 14.5 Å². The highest BCUT2D eigenvalue weighted by Crippen LogP contribution is 2.20. The van der Waals surface area contributed by atoms with E-state index in [1.54, 1.807) is 12.1 Å². The van der Waals surface area contributed by atoms with Crippen LogP contribution in [0.5, 0.6) is 5.75 Å². The lowest BCUT2D eigenvalue weighted by atomic mass is 10.0. The lowest BCUT2D eigenvalue weighted by Gasteiger charge is -2.13. The molecule has 0 saturated carbocycles. The van der Waals surface area contributed by atoms with Crippen LogP contribution in [-0.4, -0.2) is 5.91 Å². The van der Waals surface area contributed by atoms with Gasteiger partial charge in [0.05, 0.1) is 6.04 Å². The van der Waals surface area contributed by atoms with Gasteiger partial charge in [-0.1, -0.05) is 56.3 Å². The third-order valence-corrected chi connectivity index (χ3v) is 4.46. The summed E-state index contributed by atoms with van der Waals surface area (Å²) in [5.74, 6) is 1.92. The topological polar surface area (TPSA) is 51.5 Å². The standard InChI is InChI=1S/C23H25NO3/c1-16(2)18-9-11-20(12-10-18)26-15-21-13-14-22(27-21)23(25)24-17(3)19-7-5-4-6-8-19/h4-14,16-17H,15H2,1-3H3,(H,24,25). The average Bonchev–Trinajstić information content (AvgIpc) is 3.16. The molecule has 1 amide bonds. The number of hydrogen-bond acceptors (Lipinski definition) is 3. The Kier molecular flexibility index (Phi) is 5.97. The summed E-state index contributed by atoms with van der Waals surface area (Å²) in [4.78, 5) is 12.4. The van der Waals surface area contributed by atoms with E-state index in [1.165, 1.54) is 5.56 Å². The van der Waals surface area contributed by atoms with E-state index < -0.39 is 0 Å². The van der Waals surface area contributed by atoms with E-state index in [0.717, 1.165) is 11.3 Å². The molecule has 0 saturated heterocycles. The maximum Gasteiger partial charge on any atom is 0.287 e. The van der Waals surface area contributed by atoms with Crippen molar-refractivity contribution in [3.8, 4) is 5.75 Å². The number of carbonyl (C=O) groups is 1. The van der Waals surface area contributed by atoms with E-state index in [4.69, 9.17) is 9.15 Å². The van der Waals surface area contributed by atoms with Gasteiger partial charge in [0.1, 0.15) is 18.1 Å². The Morgan fingerprint density at radius 2 is 1.63 bits per heavy atom. The summed E-state index contributed by atoms with van der Waals surface area (Å²) in [5, 5.41) is 2.94. The summed E-state index contributed by atoms with van der Waals surface area (Å²) >= 11 is 0. The first kappa shape index (κ1) is 18.8. The third kappa shape index (κ3) is 5.00. The number of benzene rings is 2. The van der Waals surface area contributed by atoms with Crippen molar-refractivity contribution in [2.75, 3.05) is 0 Å². The van der Waals surface area contributed by atoms with Gasteiger partial charge in [-0.2, -0.15) is 0 Å². The molecule has 2 aromatic carbocycles. The van der Waals surface area contributed by atoms with Crippen molar-refractivity contribution in [3.05, 3.63) is 89.4 Å². The van der Waals surface area contributed by atoms with E-state index in [-0.39, 0.29) is 24.3 Å². The van der Waals surface area contributed by atoms with Crippen LogP contribution < -0.4 is 10.1 Å². The van der Waals surface area contributed by atoms with E-state index in [1.807, 2.05) is 49.4 Å². The molecule has 0 bridgehead atoms. The molecular weight excluding hydrogens is 338 g/mol. The van der Waals surface area contributed by atoms with E-state index in [2.05, 4.69) is 31.3 Å². The molecule has 1 N–H and O–H groups in total. The van der Waals surface area contributed by atoms with Gasteiger partial charge in [-0.15, -0.1) is 0 Å². The van der Waals surface area contributed by atoms with Crippen LogP contribution in [0.4, 0.5) is 0 Å². The van der Waals surface area contributed by atoms with Gasteiger partial charge in [-0.25, -0.2) is 0 Å². The van der Waals surface area contributed by atoms with Crippen molar-refractivity contribution in [1.29, 1.82) is 0 Å². The van der Waals surface area contributed by atoms with Crippen LogP contribution in [0.15, 0.2) is 71.1 Å². The van der Waals surface area contributed by atoms with E-state index in [0.29, 0.717) is 11.7 Å². The van der Waals surface area contributed by atoms with Crippen molar-refractivity contribution >= 4 is 5.91 Å². The molecule has 1 aromatic heterocycles. The van der Waals surface area contributed by atoms with Crippen LogP contribution in [0.3, 0.4) is 0 Å². The second kappa shape index (κ2) is 8.58. The first-order chi connectivity index (χ1) is 13.0. The maximum absolute atomic E-state index is 12.4. The normalized spacial score (nSPS) is 12.0. The number of ether oxygens (including phenoxy) is 1. The molecule has 27 heavy (non-hydrogen) atoms. The van der Waals surface area contributed by atoms with E-state index in [9.17, 15) is 4.79 Å². The highest BCUT2D eigenvalue weighted by Gasteiger charge is 2.15. The molecular formula is C23H25NO3. The predicted octanol–water partition coefficient (Wildman–Crippen LogP) is 5.47. The van der Waals surface area contributed by atoms with Gasteiger partial charge in [-0.05, 0) is 48.2 Å². The molecule has 1 unspecified atom stereocenters. The first-order valence-corrected chi connectivity index (χ1v) is 9.20. The minimum Gasteiger partial charge on any atom is -0.486 e. The fourth-order valence-electron chi connectivity index (χ4n) is 2.77. The number of rotatable bonds is 7. The van der Waals surface area contributed by atoms with Crippen LogP contribution in [0.2, 0.25) is 0 Å². The molecule has 0 spiro atoms. The minimum absolute atomic E-state index is 0.0945. The smallest absolute Gasteiger partial charge is 0.287 e. The lowest BCUT2D eigenvalue weighted by molar-refractivity contribution is 0.0907. The van der Waals surface area contributed by atoms with Gasteiger partial charge in [0.25, 0.3) is 5.91 Å². The van der Waals surface area contributed by atoms with Crippen molar-refractivity contribution in [2.45, 2.75) is 39.3 Å². The summed E-state index contributed by atoms with van der Waals surface area (Å²) in [6.07, 6.45) is 0. The number of hydrogen-bond donors (Lipinski definition) is 1. The molecule has 1 atom stereocenters. The fraction of sp³-hybridized carbons (Fsp3) is 0.261. The SMILES string of the molecule is CC(C)c1ccc(OCc2ccc(C(=O)NC(C)c3ccccc3)o2)cc1.